The van der Waals surface area contributed by atoms with E-state index in [1.807, 2.05) is 14.1 Å². The predicted molar refractivity (Wildman–Crippen MR) is 54.9 cm³/mol. The van der Waals surface area contributed by atoms with Crippen LogP contribution in [0.1, 0.15) is 5.69 Å². The van der Waals surface area contributed by atoms with Crippen molar-refractivity contribution in [2.45, 2.75) is 6.61 Å². The van der Waals surface area contributed by atoms with E-state index < -0.39 is 0 Å². The maximum Gasteiger partial charge on any atom is 0.227 e. The number of nitrogens with one attached hydrogen (secondary N) is 1. The number of anilines is 2. The molecule has 0 saturated heterocycles. The zero-order valence-electron chi connectivity index (χ0n) is 8.61. The monoisotopic (exact) mass is 197 g/mol. The van der Waals surface area contributed by atoms with Gasteiger partial charge in [-0.15, -0.1) is 0 Å². The molecule has 0 saturated carbocycles. The highest BCUT2D eigenvalue weighted by Gasteiger charge is 2.04. The van der Waals surface area contributed by atoms with E-state index in [1.165, 1.54) is 0 Å². The van der Waals surface area contributed by atoms with Crippen LogP contribution >= 0.6 is 0 Å². The lowest BCUT2D eigenvalue weighted by Gasteiger charge is -2.12. The fourth-order valence-corrected chi connectivity index (χ4v) is 0.979. The van der Waals surface area contributed by atoms with E-state index in [0.29, 0.717) is 18.4 Å². The minimum atomic E-state index is 0.443. The molecule has 1 heterocycles. The Morgan fingerprint density at radius 1 is 1.50 bits per heavy atom. The highest BCUT2D eigenvalue weighted by atomic mass is 16.5. The van der Waals surface area contributed by atoms with Crippen molar-refractivity contribution >= 4 is 11.8 Å². The van der Waals surface area contributed by atoms with E-state index in [1.54, 1.807) is 18.1 Å². The summed E-state index contributed by atoms with van der Waals surface area (Å²) >= 11 is 0. The molecule has 1 aromatic heterocycles. The van der Waals surface area contributed by atoms with Crippen molar-refractivity contribution in [3.05, 3.63) is 11.8 Å². The molecular formula is C8H15N5O. The van der Waals surface area contributed by atoms with Gasteiger partial charge in [-0.1, -0.05) is 0 Å². The fraction of sp³-hybridized carbons (Fsp3) is 0.500. The van der Waals surface area contributed by atoms with Crippen LogP contribution in [0.25, 0.3) is 0 Å². The third-order valence-electron chi connectivity index (χ3n) is 1.61. The lowest BCUT2D eigenvalue weighted by Crippen LogP contribution is -2.17. The topological polar surface area (TPSA) is 76.3 Å². The predicted octanol–water partition coefficient (Wildman–Crippen LogP) is -0.0254. The van der Waals surface area contributed by atoms with Crippen LogP contribution in [0.15, 0.2) is 6.07 Å². The Kier molecular flexibility index (Phi) is 3.61. The summed E-state index contributed by atoms with van der Waals surface area (Å²) in [5.74, 6) is 6.47. The highest BCUT2D eigenvalue weighted by molar-refractivity contribution is 5.41. The number of rotatable bonds is 4. The number of nitrogen functional groups attached to an aromatic ring is 1. The van der Waals surface area contributed by atoms with Crippen LogP contribution in [0.4, 0.5) is 11.8 Å². The van der Waals surface area contributed by atoms with Gasteiger partial charge >= 0.3 is 0 Å². The van der Waals surface area contributed by atoms with E-state index in [2.05, 4.69) is 15.4 Å². The van der Waals surface area contributed by atoms with Gasteiger partial charge in [-0.3, -0.25) is 0 Å². The van der Waals surface area contributed by atoms with E-state index in [0.717, 1.165) is 5.69 Å². The van der Waals surface area contributed by atoms with Gasteiger partial charge < -0.3 is 15.1 Å². The zero-order valence-corrected chi connectivity index (χ0v) is 8.61. The average molecular weight is 197 g/mol. The van der Waals surface area contributed by atoms with Crippen molar-refractivity contribution in [1.29, 1.82) is 0 Å². The second-order valence-electron chi connectivity index (χ2n) is 3.02. The van der Waals surface area contributed by atoms with Gasteiger partial charge in [0.15, 0.2) is 0 Å². The molecular weight excluding hydrogens is 182 g/mol. The third-order valence-corrected chi connectivity index (χ3v) is 1.61. The molecule has 3 N–H and O–H groups in total. The largest absolute Gasteiger partial charge is 0.378 e. The Labute approximate surface area is 83.1 Å². The molecule has 14 heavy (non-hydrogen) atoms. The average Bonchev–Trinajstić information content (AvgIpc) is 2.17. The number of aromatic nitrogens is 2. The Bertz CT molecular complexity index is 302. The number of hydrazine groups is 1. The summed E-state index contributed by atoms with van der Waals surface area (Å²) < 4.78 is 4.98. The van der Waals surface area contributed by atoms with Gasteiger partial charge in [0.05, 0.1) is 12.3 Å². The second kappa shape index (κ2) is 4.73. The molecule has 1 aromatic rings. The number of ether oxygens (including phenoxy) is 1. The first kappa shape index (κ1) is 10.7. The first-order chi connectivity index (χ1) is 6.67. The molecule has 6 nitrogen and oxygen atoms in total. The molecule has 0 unspecified atom stereocenters. The smallest absolute Gasteiger partial charge is 0.227 e. The van der Waals surface area contributed by atoms with Crippen LogP contribution in [-0.4, -0.2) is 31.2 Å². The highest BCUT2D eigenvalue weighted by Crippen LogP contribution is 2.11. The molecule has 0 fully saturated rings. The molecule has 0 bridgehead atoms. The summed E-state index contributed by atoms with van der Waals surface area (Å²) in [6.45, 7) is 0.443. The summed E-state index contributed by atoms with van der Waals surface area (Å²) in [6.07, 6.45) is 0. The van der Waals surface area contributed by atoms with Gasteiger partial charge in [-0.05, 0) is 0 Å². The summed E-state index contributed by atoms with van der Waals surface area (Å²) in [6, 6.07) is 1.75. The minimum Gasteiger partial charge on any atom is -0.378 e. The van der Waals surface area contributed by atoms with E-state index in [9.17, 15) is 0 Å². The summed E-state index contributed by atoms with van der Waals surface area (Å²) in [5.41, 5.74) is 3.28. The van der Waals surface area contributed by atoms with Crippen LogP contribution in [-0.2, 0) is 11.3 Å². The summed E-state index contributed by atoms with van der Waals surface area (Å²) in [5, 5.41) is 0. The van der Waals surface area contributed by atoms with Crippen molar-refractivity contribution < 1.29 is 4.74 Å². The quantitative estimate of drug-likeness (QED) is 0.521. The van der Waals surface area contributed by atoms with Crippen LogP contribution in [0, 0.1) is 0 Å². The Balaban J connectivity index is 3.00. The van der Waals surface area contributed by atoms with E-state index in [-0.39, 0.29) is 0 Å². The van der Waals surface area contributed by atoms with Gasteiger partial charge in [0.2, 0.25) is 5.95 Å². The molecule has 0 amide bonds. The second-order valence-corrected chi connectivity index (χ2v) is 3.02. The Morgan fingerprint density at radius 2 is 2.21 bits per heavy atom. The van der Waals surface area contributed by atoms with Gasteiger partial charge in [0, 0.05) is 27.3 Å². The Hall–Kier alpha value is -1.40. The van der Waals surface area contributed by atoms with Crippen molar-refractivity contribution in [3.63, 3.8) is 0 Å². The van der Waals surface area contributed by atoms with E-state index >= 15 is 0 Å². The minimum absolute atomic E-state index is 0.443. The standard InChI is InChI=1S/C8H15N5O/c1-13(2)8-10-6(5-14-3)4-7(11-8)12-9/h4H,5,9H2,1-3H3,(H,10,11,12). The van der Waals surface area contributed by atoms with Crippen molar-refractivity contribution in [2.75, 3.05) is 31.5 Å². The molecule has 0 spiro atoms. The van der Waals surface area contributed by atoms with Gasteiger partial charge in [-0.2, -0.15) is 4.98 Å². The van der Waals surface area contributed by atoms with Crippen molar-refractivity contribution in [1.82, 2.24) is 9.97 Å². The molecule has 0 aromatic carbocycles. The number of hydrogen-bond donors (Lipinski definition) is 2. The number of hydrogen-bond acceptors (Lipinski definition) is 6. The molecule has 0 aliphatic carbocycles. The summed E-state index contributed by atoms with van der Waals surface area (Å²) in [7, 11) is 5.35. The number of nitrogens with two attached hydrogens (primary N) is 1. The van der Waals surface area contributed by atoms with Gasteiger partial charge in [0.25, 0.3) is 0 Å². The molecule has 0 radical (unpaired) electrons. The molecule has 0 aliphatic heterocycles. The van der Waals surface area contributed by atoms with Crippen molar-refractivity contribution in [2.24, 2.45) is 5.84 Å². The molecule has 0 aliphatic rings. The first-order valence-corrected chi connectivity index (χ1v) is 4.18. The fourth-order valence-electron chi connectivity index (χ4n) is 0.979. The van der Waals surface area contributed by atoms with Gasteiger partial charge in [-0.25, -0.2) is 10.8 Å². The Morgan fingerprint density at radius 3 is 2.71 bits per heavy atom. The maximum absolute atomic E-state index is 5.28. The molecule has 0 atom stereocenters. The van der Waals surface area contributed by atoms with Crippen LogP contribution in [0.3, 0.4) is 0 Å². The molecule has 1 rings (SSSR count). The normalized spacial score (nSPS) is 10.0. The van der Waals surface area contributed by atoms with Crippen LogP contribution in [0.5, 0.6) is 0 Å². The maximum atomic E-state index is 5.28. The zero-order chi connectivity index (χ0) is 10.6. The van der Waals surface area contributed by atoms with Crippen LogP contribution in [0.2, 0.25) is 0 Å². The first-order valence-electron chi connectivity index (χ1n) is 4.18. The molecule has 78 valence electrons. The van der Waals surface area contributed by atoms with Crippen molar-refractivity contribution in [3.8, 4) is 0 Å². The molecule has 6 heteroatoms. The van der Waals surface area contributed by atoms with Crippen LogP contribution < -0.4 is 16.2 Å². The van der Waals surface area contributed by atoms with E-state index in [4.69, 9.17) is 10.6 Å². The number of nitrogens with zero attached hydrogens (tertiary/aromatic N) is 3. The SMILES string of the molecule is COCc1cc(NN)nc(N(C)C)n1. The third kappa shape index (κ3) is 2.54. The lowest BCUT2D eigenvalue weighted by molar-refractivity contribution is 0.181. The lowest BCUT2D eigenvalue weighted by atomic mass is 10.4. The number of methoxy groups -OCH3 is 1. The van der Waals surface area contributed by atoms with Gasteiger partial charge in [0.1, 0.15) is 5.82 Å². The summed E-state index contributed by atoms with van der Waals surface area (Å²) in [4.78, 5) is 10.2.